The van der Waals surface area contributed by atoms with Gasteiger partial charge in [0.15, 0.2) is 0 Å². The number of hydrogen-bond acceptors (Lipinski definition) is 4. The zero-order valence-corrected chi connectivity index (χ0v) is 14.3. The Balaban J connectivity index is 2.28. The van der Waals surface area contributed by atoms with E-state index in [-0.39, 0.29) is 5.54 Å². The number of methoxy groups -OCH3 is 1. The van der Waals surface area contributed by atoms with Gasteiger partial charge in [0.25, 0.3) is 0 Å². The molecular formula is C16H28N2OS. The van der Waals surface area contributed by atoms with Crippen LogP contribution < -0.4 is 5.32 Å². The van der Waals surface area contributed by atoms with Crippen molar-refractivity contribution >= 4 is 11.3 Å². The van der Waals surface area contributed by atoms with Crippen LogP contribution in [-0.4, -0.2) is 25.2 Å². The highest BCUT2D eigenvalue weighted by Crippen LogP contribution is 2.49. The molecule has 0 spiro atoms. The first kappa shape index (κ1) is 15.9. The molecule has 2 unspecified atom stereocenters. The molecule has 2 rings (SSSR count). The maximum atomic E-state index is 5.22. The van der Waals surface area contributed by atoms with Crippen LogP contribution in [0.2, 0.25) is 0 Å². The molecule has 0 aromatic carbocycles. The quantitative estimate of drug-likeness (QED) is 0.841. The fourth-order valence-corrected chi connectivity index (χ4v) is 4.90. The zero-order chi connectivity index (χ0) is 14.8. The lowest BCUT2D eigenvalue weighted by Crippen LogP contribution is -2.51. The van der Waals surface area contributed by atoms with E-state index in [1.165, 1.54) is 17.8 Å². The van der Waals surface area contributed by atoms with Gasteiger partial charge >= 0.3 is 0 Å². The van der Waals surface area contributed by atoms with Crippen LogP contribution in [0.1, 0.15) is 50.7 Å². The lowest BCUT2D eigenvalue weighted by Gasteiger charge is -2.47. The van der Waals surface area contributed by atoms with E-state index in [9.17, 15) is 0 Å². The largest absolute Gasteiger partial charge is 0.383 e. The second kappa shape index (κ2) is 6.12. The molecule has 0 aliphatic heterocycles. The van der Waals surface area contributed by atoms with Crippen molar-refractivity contribution in [3.63, 3.8) is 0 Å². The summed E-state index contributed by atoms with van der Waals surface area (Å²) in [7, 11) is 1.76. The highest BCUT2D eigenvalue weighted by Gasteiger charge is 2.45. The SMILES string of the molecule is COCCNC1(c2nc(C)cs2)CC(C)CC(C)(C)C1. The van der Waals surface area contributed by atoms with Crippen molar-refractivity contribution in [2.45, 2.75) is 52.5 Å². The highest BCUT2D eigenvalue weighted by atomic mass is 32.1. The second-order valence-corrected chi connectivity index (χ2v) is 8.01. The Morgan fingerprint density at radius 2 is 2.20 bits per heavy atom. The van der Waals surface area contributed by atoms with Gasteiger partial charge in [-0.3, -0.25) is 0 Å². The molecule has 0 radical (unpaired) electrons. The predicted molar refractivity (Wildman–Crippen MR) is 85.2 cm³/mol. The lowest BCUT2D eigenvalue weighted by atomic mass is 9.64. The molecule has 1 saturated carbocycles. The molecular weight excluding hydrogens is 268 g/mol. The molecule has 3 nitrogen and oxygen atoms in total. The van der Waals surface area contributed by atoms with Gasteiger partial charge in [0.05, 0.1) is 12.1 Å². The summed E-state index contributed by atoms with van der Waals surface area (Å²) in [5.74, 6) is 0.720. The summed E-state index contributed by atoms with van der Waals surface area (Å²) in [5, 5.41) is 7.20. The average molecular weight is 296 g/mol. The van der Waals surface area contributed by atoms with Crippen LogP contribution in [-0.2, 0) is 10.3 Å². The van der Waals surface area contributed by atoms with Crippen molar-refractivity contribution in [2.75, 3.05) is 20.3 Å². The molecule has 0 amide bonds. The molecule has 1 aliphatic rings. The van der Waals surface area contributed by atoms with E-state index in [1.54, 1.807) is 18.4 Å². The number of thiazole rings is 1. The Bertz CT molecular complexity index is 443. The number of aromatic nitrogens is 1. The van der Waals surface area contributed by atoms with E-state index < -0.39 is 0 Å². The van der Waals surface area contributed by atoms with Crippen LogP contribution in [0.5, 0.6) is 0 Å². The Morgan fingerprint density at radius 3 is 2.75 bits per heavy atom. The molecule has 4 heteroatoms. The summed E-state index contributed by atoms with van der Waals surface area (Å²) in [5.41, 5.74) is 1.52. The van der Waals surface area contributed by atoms with Crippen LogP contribution in [0.25, 0.3) is 0 Å². The van der Waals surface area contributed by atoms with Gasteiger partial charge in [-0.2, -0.15) is 0 Å². The molecule has 0 saturated heterocycles. The monoisotopic (exact) mass is 296 g/mol. The van der Waals surface area contributed by atoms with Crippen LogP contribution >= 0.6 is 11.3 Å². The van der Waals surface area contributed by atoms with Gasteiger partial charge in [0, 0.05) is 24.7 Å². The third kappa shape index (κ3) is 3.60. The van der Waals surface area contributed by atoms with Crippen LogP contribution in [0.4, 0.5) is 0 Å². The summed E-state index contributed by atoms with van der Waals surface area (Å²) in [6.45, 7) is 10.9. The van der Waals surface area contributed by atoms with Crippen molar-refractivity contribution in [1.29, 1.82) is 0 Å². The summed E-state index contributed by atoms with van der Waals surface area (Å²) in [6, 6.07) is 0. The molecule has 0 bridgehead atoms. The zero-order valence-electron chi connectivity index (χ0n) is 13.5. The van der Waals surface area contributed by atoms with Gasteiger partial charge in [0.1, 0.15) is 5.01 Å². The van der Waals surface area contributed by atoms with E-state index in [0.29, 0.717) is 5.41 Å². The fourth-order valence-electron chi connectivity index (χ4n) is 3.91. The standard InChI is InChI=1S/C16H28N2OS/c1-12-8-15(3,4)11-16(9-12,17-6-7-19-5)14-18-13(2)10-20-14/h10,12,17H,6-9,11H2,1-5H3. The number of rotatable bonds is 5. The predicted octanol–water partition coefficient (Wildman–Crippen LogP) is 3.73. The van der Waals surface area contributed by atoms with Gasteiger partial charge < -0.3 is 10.1 Å². The molecule has 1 fully saturated rings. The van der Waals surface area contributed by atoms with E-state index in [1.807, 2.05) is 0 Å². The molecule has 1 heterocycles. The summed E-state index contributed by atoms with van der Waals surface area (Å²) < 4.78 is 5.22. The number of ether oxygens (including phenoxy) is 1. The van der Waals surface area contributed by atoms with E-state index in [0.717, 1.165) is 31.2 Å². The number of nitrogens with zero attached hydrogens (tertiary/aromatic N) is 1. The van der Waals surface area contributed by atoms with Gasteiger partial charge in [-0.1, -0.05) is 20.8 Å². The van der Waals surface area contributed by atoms with E-state index in [2.05, 4.69) is 38.4 Å². The van der Waals surface area contributed by atoms with Crippen molar-refractivity contribution in [1.82, 2.24) is 10.3 Å². The Kier molecular flexibility index (Phi) is 4.88. The van der Waals surface area contributed by atoms with Crippen LogP contribution in [0, 0.1) is 18.3 Å². The minimum absolute atomic E-state index is 0.0264. The maximum Gasteiger partial charge on any atom is 0.113 e. The van der Waals surface area contributed by atoms with Gasteiger partial charge in [-0.05, 0) is 37.5 Å². The first-order valence-corrected chi connectivity index (χ1v) is 8.41. The average Bonchev–Trinajstić information content (AvgIpc) is 2.74. The van der Waals surface area contributed by atoms with Crippen molar-refractivity contribution in [2.24, 2.45) is 11.3 Å². The third-order valence-electron chi connectivity index (χ3n) is 4.18. The van der Waals surface area contributed by atoms with Gasteiger partial charge in [-0.25, -0.2) is 4.98 Å². The first-order valence-electron chi connectivity index (χ1n) is 7.53. The smallest absolute Gasteiger partial charge is 0.113 e. The van der Waals surface area contributed by atoms with Crippen molar-refractivity contribution in [3.8, 4) is 0 Å². The van der Waals surface area contributed by atoms with Crippen LogP contribution in [0.3, 0.4) is 0 Å². The Hall–Kier alpha value is -0.450. The number of aryl methyl sites for hydroxylation is 1. The fraction of sp³-hybridized carbons (Fsp3) is 0.812. The summed E-state index contributed by atoms with van der Waals surface area (Å²) in [4.78, 5) is 4.80. The molecule has 1 N–H and O–H groups in total. The molecule has 1 aliphatic carbocycles. The minimum atomic E-state index is 0.0264. The van der Waals surface area contributed by atoms with Crippen LogP contribution in [0.15, 0.2) is 5.38 Å². The first-order chi connectivity index (χ1) is 9.37. The molecule has 1 aromatic rings. The van der Waals surface area contributed by atoms with E-state index in [4.69, 9.17) is 9.72 Å². The van der Waals surface area contributed by atoms with Gasteiger partial charge in [0.2, 0.25) is 0 Å². The van der Waals surface area contributed by atoms with E-state index >= 15 is 0 Å². The van der Waals surface area contributed by atoms with Crippen molar-refractivity contribution in [3.05, 3.63) is 16.1 Å². The van der Waals surface area contributed by atoms with Crippen molar-refractivity contribution < 1.29 is 4.74 Å². The second-order valence-electron chi connectivity index (χ2n) is 7.15. The maximum absolute atomic E-state index is 5.22. The molecule has 20 heavy (non-hydrogen) atoms. The minimum Gasteiger partial charge on any atom is -0.383 e. The summed E-state index contributed by atoms with van der Waals surface area (Å²) >= 11 is 1.80. The molecule has 1 aromatic heterocycles. The Labute approximate surface area is 127 Å². The normalized spacial score (nSPS) is 29.6. The topological polar surface area (TPSA) is 34.1 Å². The number of hydrogen-bond donors (Lipinski definition) is 1. The highest BCUT2D eigenvalue weighted by molar-refractivity contribution is 7.09. The Morgan fingerprint density at radius 1 is 1.45 bits per heavy atom. The van der Waals surface area contributed by atoms with Gasteiger partial charge in [-0.15, -0.1) is 11.3 Å². The third-order valence-corrected chi connectivity index (χ3v) is 5.34. The summed E-state index contributed by atoms with van der Waals surface area (Å²) in [6.07, 6.45) is 3.62. The molecule has 114 valence electrons. The lowest BCUT2D eigenvalue weighted by molar-refractivity contribution is 0.0718. The molecule has 2 atom stereocenters. The number of nitrogens with one attached hydrogen (secondary N) is 1.